The van der Waals surface area contributed by atoms with Crippen molar-refractivity contribution in [3.63, 3.8) is 0 Å². The molecule has 0 saturated carbocycles. The van der Waals surface area contributed by atoms with E-state index < -0.39 is 0 Å². The second kappa shape index (κ2) is 13.3. The molecule has 0 bridgehead atoms. The number of likely N-dealkylation sites (tertiary alicyclic amines) is 1. The fourth-order valence-corrected chi connectivity index (χ4v) is 4.21. The Labute approximate surface area is 210 Å². The predicted molar refractivity (Wildman–Crippen MR) is 140 cm³/mol. The molecule has 1 atom stereocenters. The van der Waals surface area contributed by atoms with Gasteiger partial charge in [0.05, 0.1) is 18.8 Å². The number of carbonyl (C=O) groups is 1. The highest BCUT2D eigenvalue weighted by atomic mass is 127. The van der Waals surface area contributed by atoms with E-state index in [1.54, 1.807) is 0 Å². The number of piperazine rings is 1. The van der Waals surface area contributed by atoms with Crippen LogP contribution in [0.2, 0.25) is 0 Å². The first-order valence-electron chi connectivity index (χ1n) is 11.7. The molecule has 1 aromatic carbocycles. The topological polar surface area (TPSA) is 60.4 Å². The summed E-state index contributed by atoms with van der Waals surface area (Å²) in [7, 11) is 1.83. The molecule has 8 heteroatoms. The fourth-order valence-electron chi connectivity index (χ4n) is 4.21. The van der Waals surface area contributed by atoms with Crippen LogP contribution in [0.25, 0.3) is 0 Å². The number of rotatable bonds is 7. The molecule has 2 aliphatic heterocycles. The Kier molecular flexibility index (Phi) is 11.2. The molecule has 2 saturated heterocycles. The number of aliphatic imine (C=N–C) groups is 1. The maximum atomic E-state index is 12.7. The summed E-state index contributed by atoms with van der Waals surface area (Å²) < 4.78 is 5.66. The highest BCUT2D eigenvalue weighted by Gasteiger charge is 2.30. The number of guanidine groups is 1. The van der Waals surface area contributed by atoms with Gasteiger partial charge < -0.3 is 19.9 Å². The average Bonchev–Trinajstić information content (AvgIpc) is 3.33. The first kappa shape index (κ1) is 26.9. The molecule has 1 aromatic rings. The van der Waals surface area contributed by atoms with Crippen LogP contribution < -0.4 is 5.32 Å². The van der Waals surface area contributed by atoms with E-state index in [1.165, 1.54) is 11.1 Å². The second-order valence-corrected chi connectivity index (χ2v) is 8.81. The zero-order valence-electron chi connectivity index (χ0n) is 20.0. The normalized spacial score (nSPS) is 18.6. The fraction of sp³-hybridized carbons (Fsp3) is 0.667. The van der Waals surface area contributed by atoms with Crippen LogP contribution in [0.5, 0.6) is 0 Å². The Morgan fingerprint density at radius 1 is 0.969 bits per heavy atom. The molecule has 1 amide bonds. The van der Waals surface area contributed by atoms with Crippen LogP contribution in [0.4, 0.5) is 0 Å². The van der Waals surface area contributed by atoms with Gasteiger partial charge in [-0.1, -0.05) is 24.3 Å². The molecular formula is C24H40IN5O2. The molecular weight excluding hydrogens is 517 g/mol. The van der Waals surface area contributed by atoms with Crippen molar-refractivity contribution in [2.24, 2.45) is 4.99 Å². The van der Waals surface area contributed by atoms with E-state index in [9.17, 15) is 4.79 Å². The lowest BCUT2D eigenvalue weighted by molar-refractivity contribution is -0.135. The zero-order chi connectivity index (χ0) is 22.2. The Morgan fingerprint density at radius 2 is 1.56 bits per heavy atom. The standard InChI is InChI=1S/C24H39N5O2.HI/c1-19(2)31-18-22-9-7-21(8-10-22)17-26-24(25-4)29-15-13-27(14-16-29)20(3)23(30)28-11-5-6-12-28;/h7-10,19-20H,5-6,11-18H2,1-4H3,(H,25,26);1H. The van der Waals surface area contributed by atoms with Gasteiger partial charge in [0.25, 0.3) is 0 Å². The highest BCUT2D eigenvalue weighted by Crippen LogP contribution is 2.14. The van der Waals surface area contributed by atoms with E-state index in [0.29, 0.717) is 6.61 Å². The van der Waals surface area contributed by atoms with Crippen LogP contribution >= 0.6 is 24.0 Å². The Morgan fingerprint density at radius 3 is 2.12 bits per heavy atom. The minimum Gasteiger partial charge on any atom is -0.374 e. The first-order valence-corrected chi connectivity index (χ1v) is 11.7. The largest absolute Gasteiger partial charge is 0.374 e. The molecule has 0 spiro atoms. The van der Waals surface area contributed by atoms with Gasteiger partial charge in [-0.25, -0.2) is 0 Å². The lowest BCUT2D eigenvalue weighted by atomic mass is 10.1. The Bertz CT molecular complexity index is 726. The number of hydrogen-bond donors (Lipinski definition) is 1. The second-order valence-electron chi connectivity index (χ2n) is 8.81. The van der Waals surface area contributed by atoms with Crippen LogP contribution in [0.3, 0.4) is 0 Å². The smallest absolute Gasteiger partial charge is 0.239 e. The number of halogens is 1. The van der Waals surface area contributed by atoms with Crippen LogP contribution in [0.15, 0.2) is 29.3 Å². The van der Waals surface area contributed by atoms with Crippen molar-refractivity contribution in [3.8, 4) is 0 Å². The van der Waals surface area contributed by atoms with Gasteiger partial charge >= 0.3 is 0 Å². The molecule has 3 rings (SSSR count). The quantitative estimate of drug-likeness (QED) is 0.318. The van der Waals surface area contributed by atoms with Crippen molar-refractivity contribution in [2.45, 2.75) is 58.9 Å². The molecule has 32 heavy (non-hydrogen) atoms. The third-order valence-electron chi connectivity index (χ3n) is 6.21. The third kappa shape index (κ3) is 7.59. The van der Waals surface area contributed by atoms with E-state index in [1.807, 2.05) is 11.9 Å². The Hall–Kier alpha value is -1.39. The van der Waals surface area contributed by atoms with Gasteiger partial charge in [-0.2, -0.15) is 0 Å². The summed E-state index contributed by atoms with van der Waals surface area (Å²) in [4.78, 5) is 23.8. The van der Waals surface area contributed by atoms with Crippen molar-refractivity contribution in [1.82, 2.24) is 20.0 Å². The van der Waals surface area contributed by atoms with E-state index in [2.05, 4.69) is 65.1 Å². The minimum atomic E-state index is -0.0339. The minimum absolute atomic E-state index is 0. The molecule has 0 radical (unpaired) electrons. The summed E-state index contributed by atoms with van der Waals surface area (Å²) >= 11 is 0. The van der Waals surface area contributed by atoms with Gasteiger partial charge in [0.2, 0.25) is 5.91 Å². The summed E-state index contributed by atoms with van der Waals surface area (Å²) in [5.74, 6) is 1.21. The van der Waals surface area contributed by atoms with Crippen molar-refractivity contribution >= 4 is 35.8 Å². The van der Waals surface area contributed by atoms with E-state index in [4.69, 9.17) is 4.74 Å². The van der Waals surface area contributed by atoms with E-state index in [0.717, 1.165) is 64.6 Å². The number of benzene rings is 1. The summed E-state index contributed by atoms with van der Waals surface area (Å²) in [6, 6.07) is 8.50. The lowest BCUT2D eigenvalue weighted by Crippen LogP contribution is -2.57. The van der Waals surface area contributed by atoms with Gasteiger partial charge in [0.1, 0.15) is 0 Å². The number of nitrogens with one attached hydrogen (secondary N) is 1. The lowest BCUT2D eigenvalue weighted by Gasteiger charge is -2.39. The highest BCUT2D eigenvalue weighted by molar-refractivity contribution is 14.0. The SMILES string of the molecule is CN=C(NCc1ccc(COC(C)C)cc1)N1CCN(C(C)C(=O)N2CCCC2)CC1.I. The summed E-state index contributed by atoms with van der Waals surface area (Å²) in [5, 5.41) is 3.49. The number of nitrogens with zero attached hydrogens (tertiary/aromatic N) is 4. The Balaban J connectivity index is 0.00000363. The maximum Gasteiger partial charge on any atom is 0.239 e. The maximum absolute atomic E-state index is 12.7. The van der Waals surface area contributed by atoms with E-state index in [-0.39, 0.29) is 42.0 Å². The van der Waals surface area contributed by atoms with Crippen LogP contribution in [-0.2, 0) is 22.7 Å². The van der Waals surface area contributed by atoms with Crippen LogP contribution in [0.1, 0.15) is 44.7 Å². The molecule has 0 aromatic heterocycles. The number of amides is 1. The van der Waals surface area contributed by atoms with Gasteiger partial charge in [-0.15, -0.1) is 24.0 Å². The number of hydrogen-bond acceptors (Lipinski definition) is 4. The monoisotopic (exact) mass is 557 g/mol. The summed E-state index contributed by atoms with van der Waals surface area (Å²) in [6.07, 6.45) is 2.53. The van der Waals surface area contributed by atoms with Gasteiger partial charge in [-0.05, 0) is 44.7 Å². The molecule has 2 heterocycles. The first-order chi connectivity index (χ1) is 15.0. The molecule has 7 nitrogen and oxygen atoms in total. The molecule has 1 unspecified atom stereocenters. The molecule has 180 valence electrons. The number of carbonyl (C=O) groups excluding carboxylic acids is 1. The molecule has 2 aliphatic rings. The van der Waals surface area contributed by atoms with Gasteiger partial charge in [0.15, 0.2) is 5.96 Å². The van der Waals surface area contributed by atoms with Crippen LogP contribution in [0, 0.1) is 0 Å². The van der Waals surface area contributed by atoms with Gasteiger partial charge in [0, 0.05) is 52.9 Å². The molecule has 1 N–H and O–H groups in total. The molecule has 2 fully saturated rings. The average molecular weight is 558 g/mol. The predicted octanol–water partition coefficient (Wildman–Crippen LogP) is 2.93. The number of ether oxygens (including phenoxy) is 1. The van der Waals surface area contributed by atoms with Crippen molar-refractivity contribution < 1.29 is 9.53 Å². The summed E-state index contributed by atoms with van der Waals surface area (Å²) in [6.45, 7) is 12.9. The summed E-state index contributed by atoms with van der Waals surface area (Å²) in [5.41, 5.74) is 2.41. The molecule has 0 aliphatic carbocycles. The van der Waals surface area contributed by atoms with Crippen LogP contribution in [-0.4, -0.2) is 85.0 Å². The van der Waals surface area contributed by atoms with E-state index >= 15 is 0 Å². The third-order valence-corrected chi connectivity index (χ3v) is 6.21. The van der Waals surface area contributed by atoms with Crippen molar-refractivity contribution in [3.05, 3.63) is 35.4 Å². The van der Waals surface area contributed by atoms with Crippen molar-refractivity contribution in [1.29, 1.82) is 0 Å². The zero-order valence-corrected chi connectivity index (χ0v) is 22.4. The van der Waals surface area contributed by atoms with Gasteiger partial charge in [-0.3, -0.25) is 14.7 Å². The van der Waals surface area contributed by atoms with Crippen molar-refractivity contribution in [2.75, 3.05) is 46.3 Å².